The summed E-state index contributed by atoms with van der Waals surface area (Å²) >= 11 is 6.18. The summed E-state index contributed by atoms with van der Waals surface area (Å²) in [5.74, 6) is -0.105. The number of anilines is 1. The number of ether oxygens (including phenoxy) is 1. The molecule has 1 aliphatic rings. The van der Waals surface area contributed by atoms with Crippen molar-refractivity contribution in [1.82, 2.24) is 5.32 Å². The van der Waals surface area contributed by atoms with Crippen LogP contribution in [-0.2, 0) is 14.8 Å². The Morgan fingerprint density at radius 2 is 1.66 bits per heavy atom. The fourth-order valence-corrected chi connectivity index (χ4v) is 5.89. The van der Waals surface area contributed by atoms with Crippen LogP contribution in [-0.4, -0.2) is 27.0 Å². The topological polar surface area (TPSA) is 75.7 Å². The highest BCUT2D eigenvalue weighted by Crippen LogP contribution is 2.39. The van der Waals surface area contributed by atoms with Gasteiger partial charge in [0.05, 0.1) is 23.2 Å². The van der Waals surface area contributed by atoms with Gasteiger partial charge >= 0.3 is 0 Å². The number of benzene rings is 3. The number of sulfonamides is 1. The van der Waals surface area contributed by atoms with Gasteiger partial charge in [-0.1, -0.05) is 41.4 Å². The number of amides is 1. The molecule has 0 aromatic heterocycles. The number of nitrogens with zero attached hydrogens (tertiary/aromatic N) is 1. The van der Waals surface area contributed by atoms with E-state index in [2.05, 4.69) is 24.4 Å². The van der Waals surface area contributed by atoms with E-state index in [1.165, 1.54) is 15.9 Å². The zero-order chi connectivity index (χ0) is 25.5. The van der Waals surface area contributed by atoms with Gasteiger partial charge in [0.2, 0.25) is 0 Å². The number of carbonyl (C=O) groups excluding carboxylic acids is 1. The molecule has 6 nitrogen and oxygen atoms in total. The molecule has 1 heterocycles. The second-order valence-electron chi connectivity index (χ2n) is 9.09. The normalized spacial score (nSPS) is 16.3. The lowest BCUT2D eigenvalue weighted by molar-refractivity contribution is -0.128. The summed E-state index contributed by atoms with van der Waals surface area (Å²) in [6.07, 6.45) is -1.03. The third kappa shape index (κ3) is 5.02. The van der Waals surface area contributed by atoms with Crippen molar-refractivity contribution in [3.8, 4) is 5.75 Å². The molecule has 8 heteroatoms. The van der Waals surface area contributed by atoms with Gasteiger partial charge in [-0.3, -0.25) is 9.10 Å². The van der Waals surface area contributed by atoms with Gasteiger partial charge in [0.25, 0.3) is 15.9 Å². The molecule has 0 aliphatic carbocycles. The molecule has 2 atom stereocenters. The van der Waals surface area contributed by atoms with Crippen LogP contribution in [0.3, 0.4) is 0 Å². The van der Waals surface area contributed by atoms with E-state index >= 15 is 0 Å². The molecule has 0 saturated carbocycles. The van der Waals surface area contributed by atoms with Gasteiger partial charge in [-0.2, -0.15) is 0 Å². The predicted octanol–water partition coefficient (Wildman–Crippen LogP) is 5.41. The van der Waals surface area contributed by atoms with Crippen molar-refractivity contribution in [1.29, 1.82) is 0 Å². The summed E-state index contributed by atoms with van der Waals surface area (Å²) < 4.78 is 34.4. The number of aryl methyl sites for hydroxylation is 4. The van der Waals surface area contributed by atoms with Gasteiger partial charge in [-0.05, 0) is 87.2 Å². The van der Waals surface area contributed by atoms with Crippen molar-refractivity contribution < 1.29 is 17.9 Å². The Kier molecular flexibility index (Phi) is 6.84. The molecule has 3 aromatic rings. The van der Waals surface area contributed by atoms with Crippen LogP contribution in [0.2, 0.25) is 5.02 Å². The van der Waals surface area contributed by atoms with Crippen molar-refractivity contribution in [2.75, 3.05) is 10.8 Å². The molecule has 1 N–H and O–H groups in total. The summed E-state index contributed by atoms with van der Waals surface area (Å²) in [5, 5.41) is 3.38. The average molecular weight is 513 g/mol. The van der Waals surface area contributed by atoms with Crippen LogP contribution in [0.15, 0.2) is 59.5 Å². The van der Waals surface area contributed by atoms with Crippen molar-refractivity contribution in [3.63, 3.8) is 0 Å². The SMILES string of the molecule is Cc1ccc(S(=O)(=O)N2C[C@@H](C(=O)N[C@H](C)c3cc(C)c(C)cc3C)Oc3ccc(Cl)cc32)cc1. The van der Waals surface area contributed by atoms with Crippen molar-refractivity contribution >= 4 is 33.2 Å². The Bertz CT molecular complexity index is 1390. The quantitative estimate of drug-likeness (QED) is 0.496. The standard InChI is InChI=1S/C27H29ClN2O4S/c1-16-6-9-22(10-7-16)35(32,33)30-15-26(34-25-11-8-21(28)14-24(25)30)27(31)29-20(5)23-13-18(3)17(2)12-19(23)4/h6-14,20,26H,15H2,1-5H3,(H,29,31)/t20-,26+/m1/s1. The van der Waals surface area contributed by atoms with Gasteiger partial charge in [0.1, 0.15) is 5.75 Å². The minimum atomic E-state index is -3.96. The fraction of sp³-hybridized carbons (Fsp3) is 0.296. The molecule has 1 aliphatic heterocycles. The second kappa shape index (κ2) is 9.55. The first kappa shape index (κ1) is 25.1. The molecule has 0 saturated heterocycles. The average Bonchev–Trinajstić information content (AvgIpc) is 2.80. The highest BCUT2D eigenvalue weighted by Gasteiger charge is 2.38. The van der Waals surface area contributed by atoms with Gasteiger partial charge in [0, 0.05) is 5.02 Å². The fourth-order valence-electron chi connectivity index (χ4n) is 4.26. The van der Waals surface area contributed by atoms with E-state index in [1.54, 1.807) is 36.4 Å². The molecule has 35 heavy (non-hydrogen) atoms. The zero-order valence-electron chi connectivity index (χ0n) is 20.4. The Balaban J connectivity index is 1.65. The molecule has 4 rings (SSSR count). The van der Waals surface area contributed by atoms with Crippen LogP contribution < -0.4 is 14.4 Å². The Morgan fingerprint density at radius 1 is 1.00 bits per heavy atom. The number of hydrogen-bond acceptors (Lipinski definition) is 4. The minimum Gasteiger partial charge on any atom is -0.476 e. The van der Waals surface area contributed by atoms with E-state index in [-0.39, 0.29) is 29.1 Å². The van der Waals surface area contributed by atoms with Crippen LogP contribution in [0.1, 0.15) is 40.8 Å². The maximum Gasteiger partial charge on any atom is 0.264 e. The Hall–Kier alpha value is -3.03. The molecule has 0 unspecified atom stereocenters. The van der Waals surface area contributed by atoms with Crippen LogP contribution in [0.5, 0.6) is 5.75 Å². The molecule has 0 fully saturated rings. The monoisotopic (exact) mass is 512 g/mol. The van der Waals surface area contributed by atoms with Crippen molar-refractivity contribution in [2.24, 2.45) is 0 Å². The number of nitrogens with one attached hydrogen (secondary N) is 1. The molecule has 184 valence electrons. The van der Waals surface area contributed by atoms with Crippen LogP contribution in [0.4, 0.5) is 5.69 Å². The molecular weight excluding hydrogens is 484 g/mol. The zero-order valence-corrected chi connectivity index (χ0v) is 22.0. The second-order valence-corrected chi connectivity index (χ2v) is 11.4. The third-order valence-corrected chi connectivity index (χ3v) is 8.43. The molecule has 0 radical (unpaired) electrons. The molecule has 0 bridgehead atoms. The van der Waals surface area contributed by atoms with Gasteiger partial charge in [0.15, 0.2) is 6.10 Å². The highest BCUT2D eigenvalue weighted by molar-refractivity contribution is 7.92. The Morgan fingerprint density at radius 3 is 2.34 bits per heavy atom. The first-order valence-corrected chi connectivity index (χ1v) is 13.2. The van der Waals surface area contributed by atoms with E-state index < -0.39 is 16.1 Å². The highest BCUT2D eigenvalue weighted by atomic mass is 35.5. The summed E-state index contributed by atoms with van der Waals surface area (Å²) in [6.45, 7) is 9.72. The predicted molar refractivity (Wildman–Crippen MR) is 139 cm³/mol. The summed E-state index contributed by atoms with van der Waals surface area (Å²) in [4.78, 5) is 13.4. The molecule has 0 spiro atoms. The molecule has 1 amide bonds. The summed E-state index contributed by atoms with van der Waals surface area (Å²) in [7, 11) is -3.96. The van der Waals surface area contributed by atoms with E-state index in [1.807, 2.05) is 27.7 Å². The lowest BCUT2D eigenvalue weighted by Crippen LogP contribution is -2.51. The van der Waals surface area contributed by atoms with E-state index in [9.17, 15) is 13.2 Å². The first-order valence-electron chi connectivity index (χ1n) is 11.4. The van der Waals surface area contributed by atoms with Crippen molar-refractivity contribution in [2.45, 2.75) is 51.7 Å². The summed E-state index contributed by atoms with van der Waals surface area (Å²) in [6, 6.07) is 15.2. The van der Waals surface area contributed by atoms with E-state index in [0.717, 1.165) is 22.3 Å². The maximum atomic E-state index is 13.6. The number of fused-ring (bicyclic) bond motifs is 1. The van der Waals surface area contributed by atoms with Gasteiger partial charge < -0.3 is 10.1 Å². The minimum absolute atomic E-state index is 0.134. The van der Waals surface area contributed by atoms with Gasteiger partial charge in [-0.25, -0.2) is 8.42 Å². The van der Waals surface area contributed by atoms with Crippen molar-refractivity contribution in [3.05, 3.63) is 87.4 Å². The molecule has 3 aromatic carbocycles. The summed E-state index contributed by atoms with van der Waals surface area (Å²) in [5.41, 5.74) is 5.67. The smallest absolute Gasteiger partial charge is 0.264 e. The van der Waals surface area contributed by atoms with Gasteiger partial charge in [-0.15, -0.1) is 0 Å². The number of hydrogen-bond donors (Lipinski definition) is 1. The number of carbonyl (C=O) groups is 1. The lowest BCUT2D eigenvalue weighted by atomic mass is 9.96. The number of halogens is 1. The maximum absolute atomic E-state index is 13.6. The van der Waals surface area contributed by atoms with E-state index in [0.29, 0.717) is 10.7 Å². The lowest BCUT2D eigenvalue weighted by Gasteiger charge is -2.35. The van der Waals surface area contributed by atoms with Crippen LogP contribution >= 0.6 is 11.6 Å². The first-order chi connectivity index (χ1) is 16.5. The molecular formula is C27H29ClN2O4S. The van der Waals surface area contributed by atoms with Crippen LogP contribution in [0.25, 0.3) is 0 Å². The third-order valence-electron chi connectivity index (χ3n) is 6.40. The largest absolute Gasteiger partial charge is 0.476 e. The number of rotatable bonds is 5. The van der Waals surface area contributed by atoms with Crippen LogP contribution in [0, 0.1) is 27.7 Å². The van der Waals surface area contributed by atoms with E-state index in [4.69, 9.17) is 16.3 Å². The Labute approximate surface area is 211 Å².